The molecule has 0 bridgehead atoms. The molecule has 0 aliphatic carbocycles. The molecule has 1 N–H and O–H groups in total. The van der Waals surface area contributed by atoms with E-state index in [4.69, 9.17) is 9.05 Å². The van der Waals surface area contributed by atoms with Gasteiger partial charge in [-0.1, -0.05) is 40.6 Å². The molecule has 3 heterocycles. The average molecular weight is 380 g/mol. The number of benzene rings is 1. The van der Waals surface area contributed by atoms with Crippen molar-refractivity contribution in [2.24, 2.45) is 4.99 Å². The van der Waals surface area contributed by atoms with Crippen molar-refractivity contribution in [2.45, 2.75) is 13.1 Å². The first kappa shape index (κ1) is 18.2. The normalized spacial score (nSPS) is 15.8. The predicted molar refractivity (Wildman–Crippen MR) is 105 cm³/mol. The van der Waals surface area contributed by atoms with E-state index in [1.54, 1.807) is 6.26 Å². The smallest absolute Gasteiger partial charge is 0.194 e. The van der Waals surface area contributed by atoms with Crippen molar-refractivity contribution in [3.05, 3.63) is 60.1 Å². The molecule has 4 rings (SSSR count). The van der Waals surface area contributed by atoms with Crippen molar-refractivity contribution in [3.8, 4) is 11.3 Å². The standard InChI is InChI=1S/C20H24N6O2/c1-21-20(26-10-8-25(9-11-26)15-17-7-12-27-23-17)22-14-18-13-19(28-24-18)16-5-3-2-4-6-16/h2-7,12-13H,8-11,14-15H2,1H3,(H,21,22). The first-order valence-electron chi connectivity index (χ1n) is 9.40. The zero-order valence-electron chi connectivity index (χ0n) is 15.9. The molecule has 28 heavy (non-hydrogen) atoms. The zero-order chi connectivity index (χ0) is 19.2. The van der Waals surface area contributed by atoms with Crippen molar-refractivity contribution in [1.29, 1.82) is 0 Å². The molecular weight excluding hydrogens is 356 g/mol. The molecule has 2 aromatic heterocycles. The summed E-state index contributed by atoms with van der Waals surface area (Å²) >= 11 is 0. The summed E-state index contributed by atoms with van der Waals surface area (Å²) in [5, 5.41) is 11.5. The quantitative estimate of drug-likeness (QED) is 0.537. The molecule has 0 spiro atoms. The number of nitrogens with one attached hydrogen (secondary N) is 1. The Kier molecular flexibility index (Phi) is 5.67. The van der Waals surface area contributed by atoms with Crippen molar-refractivity contribution in [3.63, 3.8) is 0 Å². The van der Waals surface area contributed by atoms with E-state index in [-0.39, 0.29) is 0 Å². The fourth-order valence-electron chi connectivity index (χ4n) is 3.30. The van der Waals surface area contributed by atoms with Crippen molar-refractivity contribution in [2.75, 3.05) is 33.2 Å². The summed E-state index contributed by atoms with van der Waals surface area (Å²) in [6.45, 7) is 5.11. The number of nitrogens with zero attached hydrogens (tertiary/aromatic N) is 5. The Morgan fingerprint density at radius 2 is 1.89 bits per heavy atom. The van der Waals surface area contributed by atoms with Gasteiger partial charge in [-0.2, -0.15) is 0 Å². The zero-order valence-corrected chi connectivity index (χ0v) is 15.9. The monoisotopic (exact) mass is 380 g/mol. The fraction of sp³-hybridized carbons (Fsp3) is 0.350. The Labute approximate surface area is 163 Å². The van der Waals surface area contributed by atoms with Gasteiger partial charge in [0, 0.05) is 57.5 Å². The summed E-state index contributed by atoms with van der Waals surface area (Å²) in [4.78, 5) is 9.05. The van der Waals surface area contributed by atoms with E-state index in [9.17, 15) is 0 Å². The summed E-state index contributed by atoms with van der Waals surface area (Å²) in [6.07, 6.45) is 1.62. The van der Waals surface area contributed by atoms with Gasteiger partial charge in [-0.3, -0.25) is 9.89 Å². The number of guanidine groups is 1. The maximum absolute atomic E-state index is 5.46. The van der Waals surface area contributed by atoms with Crippen molar-refractivity contribution < 1.29 is 9.05 Å². The second kappa shape index (κ2) is 8.71. The van der Waals surface area contributed by atoms with Gasteiger partial charge in [-0.05, 0) is 0 Å². The molecule has 0 unspecified atom stereocenters. The minimum Gasteiger partial charge on any atom is -0.364 e. The number of hydrogen-bond acceptors (Lipinski definition) is 6. The van der Waals surface area contributed by atoms with Crippen LogP contribution in [0.3, 0.4) is 0 Å². The van der Waals surface area contributed by atoms with E-state index in [0.29, 0.717) is 6.54 Å². The van der Waals surface area contributed by atoms with Crippen LogP contribution in [0.15, 0.2) is 62.8 Å². The van der Waals surface area contributed by atoms with Gasteiger partial charge >= 0.3 is 0 Å². The number of aliphatic imine (C=N–C) groups is 1. The lowest BCUT2D eigenvalue weighted by Crippen LogP contribution is -2.52. The Balaban J connectivity index is 1.28. The lowest BCUT2D eigenvalue weighted by Gasteiger charge is -2.36. The van der Waals surface area contributed by atoms with Gasteiger partial charge in [0.25, 0.3) is 0 Å². The lowest BCUT2D eigenvalue weighted by molar-refractivity contribution is 0.169. The van der Waals surface area contributed by atoms with E-state index in [0.717, 1.165) is 61.4 Å². The van der Waals surface area contributed by atoms with E-state index in [1.165, 1.54) is 0 Å². The summed E-state index contributed by atoms with van der Waals surface area (Å²) < 4.78 is 10.4. The second-order valence-electron chi connectivity index (χ2n) is 6.70. The van der Waals surface area contributed by atoms with Crippen molar-refractivity contribution >= 4 is 5.96 Å². The van der Waals surface area contributed by atoms with E-state index >= 15 is 0 Å². The van der Waals surface area contributed by atoms with E-state index in [2.05, 4.69) is 30.4 Å². The average Bonchev–Trinajstić information content (AvgIpc) is 3.42. The second-order valence-corrected chi connectivity index (χ2v) is 6.70. The minimum atomic E-state index is 0.572. The Morgan fingerprint density at radius 1 is 1.07 bits per heavy atom. The molecule has 1 aromatic carbocycles. The van der Waals surface area contributed by atoms with Crippen LogP contribution in [0.25, 0.3) is 11.3 Å². The third-order valence-corrected chi connectivity index (χ3v) is 4.81. The number of piperazine rings is 1. The maximum atomic E-state index is 5.46. The van der Waals surface area contributed by atoms with Gasteiger partial charge in [-0.15, -0.1) is 0 Å². The van der Waals surface area contributed by atoms with Crippen LogP contribution in [0.5, 0.6) is 0 Å². The molecule has 1 aliphatic rings. The highest BCUT2D eigenvalue weighted by atomic mass is 16.5. The third kappa shape index (κ3) is 4.40. The molecule has 3 aromatic rings. The molecule has 1 fully saturated rings. The third-order valence-electron chi connectivity index (χ3n) is 4.81. The Bertz CT molecular complexity index is 883. The molecule has 1 aliphatic heterocycles. The molecule has 0 radical (unpaired) electrons. The number of rotatable bonds is 5. The highest BCUT2D eigenvalue weighted by Gasteiger charge is 2.20. The van der Waals surface area contributed by atoms with Crippen LogP contribution in [0.4, 0.5) is 0 Å². The van der Waals surface area contributed by atoms with Crippen LogP contribution in [0.1, 0.15) is 11.4 Å². The summed E-state index contributed by atoms with van der Waals surface area (Å²) in [6, 6.07) is 13.8. The molecule has 0 amide bonds. The van der Waals surface area contributed by atoms with Gasteiger partial charge in [0.05, 0.1) is 12.2 Å². The van der Waals surface area contributed by atoms with E-state index in [1.807, 2.05) is 49.5 Å². The van der Waals surface area contributed by atoms with Gasteiger partial charge < -0.3 is 19.3 Å². The van der Waals surface area contributed by atoms with Crippen LogP contribution in [0, 0.1) is 0 Å². The molecule has 146 valence electrons. The van der Waals surface area contributed by atoms with Crippen LogP contribution < -0.4 is 5.32 Å². The summed E-state index contributed by atoms with van der Waals surface area (Å²) in [5.74, 6) is 1.65. The number of aromatic nitrogens is 2. The summed E-state index contributed by atoms with van der Waals surface area (Å²) in [5.41, 5.74) is 2.84. The maximum Gasteiger partial charge on any atom is 0.194 e. The van der Waals surface area contributed by atoms with Gasteiger partial charge in [0.1, 0.15) is 12.0 Å². The largest absolute Gasteiger partial charge is 0.364 e. The SMILES string of the molecule is CN=C(NCc1cc(-c2ccccc2)on1)N1CCN(Cc2ccon2)CC1. The first-order valence-corrected chi connectivity index (χ1v) is 9.40. The van der Waals surface area contributed by atoms with Gasteiger partial charge in [0.2, 0.25) is 0 Å². The molecule has 0 atom stereocenters. The van der Waals surface area contributed by atoms with Crippen LogP contribution in [-0.2, 0) is 13.1 Å². The molecular formula is C20H24N6O2. The molecule has 0 saturated carbocycles. The van der Waals surface area contributed by atoms with Crippen LogP contribution >= 0.6 is 0 Å². The highest BCUT2D eigenvalue weighted by molar-refractivity contribution is 5.80. The first-order chi connectivity index (χ1) is 13.8. The van der Waals surface area contributed by atoms with Gasteiger partial charge in [-0.25, -0.2) is 0 Å². The molecule has 1 saturated heterocycles. The topological polar surface area (TPSA) is 82.9 Å². The number of hydrogen-bond donors (Lipinski definition) is 1. The van der Waals surface area contributed by atoms with E-state index < -0.39 is 0 Å². The Hall–Kier alpha value is -3.13. The fourth-order valence-corrected chi connectivity index (χ4v) is 3.30. The Morgan fingerprint density at radius 3 is 2.61 bits per heavy atom. The highest BCUT2D eigenvalue weighted by Crippen LogP contribution is 2.19. The lowest BCUT2D eigenvalue weighted by atomic mass is 10.2. The predicted octanol–water partition coefficient (Wildman–Crippen LogP) is 2.22. The molecule has 8 nitrogen and oxygen atoms in total. The summed E-state index contributed by atoms with van der Waals surface area (Å²) in [7, 11) is 1.81. The van der Waals surface area contributed by atoms with Crippen LogP contribution in [0.2, 0.25) is 0 Å². The molecule has 8 heteroatoms. The van der Waals surface area contributed by atoms with Gasteiger partial charge in [0.15, 0.2) is 11.7 Å². The van der Waals surface area contributed by atoms with Crippen LogP contribution in [-0.4, -0.2) is 59.3 Å². The van der Waals surface area contributed by atoms with Crippen molar-refractivity contribution in [1.82, 2.24) is 25.4 Å². The minimum absolute atomic E-state index is 0.572.